The Morgan fingerprint density at radius 3 is 2.43 bits per heavy atom. The molecule has 0 radical (unpaired) electrons. The van der Waals surface area contributed by atoms with Crippen LogP contribution in [0.25, 0.3) is 0 Å². The van der Waals surface area contributed by atoms with E-state index in [2.05, 4.69) is 14.9 Å². The maximum atomic E-state index is 7.93. The largest absolute Gasteiger partial charge is 0.354 e. The van der Waals surface area contributed by atoms with Crippen LogP contribution in [0, 0.1) is 5.41 Å². The lowest BCUT2D eigenvalue weighted by atomic mass is 10.1. The zero-order chi connectivity index (χ0) is 9.80. The molecule has 0 aromatic carbocycles. The summed E-state index contributed by atoms with van der Waals surface area (Å²) in [6, 6.07) is 1.77. The van der Waals surface area contributed by atoms with E-state index in [4.69, 9.17) is 5.41 Å². The first-order valence-corrected chi connectivity index (χ1v) is 4.99. The van der Waals surface area contributed by atoms with Crippen molar-refractivity contribution >= 4 is 5.84 Å². The van der Waals surface area contributed by atoms with E-state index in [0.717, 1.165) is 13.1 Å². The fourth-order valence-corrected chi connectivity index (χ4v) is 1.68. The van der Waals surface area contributed by atoms with Crippen LogP contribution in [0.15, 0.2) is 18.5 Å². The summed E-state index contributed by atoms with van der Waals surface area (Å²) >= 11 is 0. The van der Waals surface area contributed by atoms with E-state index in [1.807, 2.05) is 0 Å². The molecule has 2 heterocycles. The van der Waals surface area contributed by atoms with Gasteiger partial charge in [-0.05, 0) is 25.3 Å². The van der Waals surface area contributed by atoms with Gasteiger partial charge in [-0.15, -0.1) is 0 Å². The van der Waals surface area contributed by atoms with Gasteiger partial charge in [0.1, 0.15) is 0 Å². The minimum absolute atomic E-state index is 0.463. The van der Waals surface area contributed by atoms with Crippen LogP contribution in [0.1, 0.15) is 25.1 Å². The average molecular weight is 190 g/mol. The molecule has 0 aliphatic carbocycles. The van der Waals surface area contributed by atoms with Gasteiger partial charge in [-0.2, -0.15) is 0 Å². The highest BCUT2D eigenvalue weighted by atomic mass is 15.2. The van der Waals surface area contributed by atoms with Crippen molar-refractivity contribution in [2.45, 2.75) is 19.3 Å². The van der Waals surface area contributed by atoms with E-state index in [-0.39, 0.29) is 0 Å². The molecule has 1 N–H and O–H groups in total. The molecule has 1 aliphatic rings. The predicted octanol–water partition coefficient (Wildman–Crippen LogP) is 1.29. The molecule has 74 valence electrons. The molecule has 0 unspecified atom stereocenters. The zero-order valence-corrected chi connectivity index (χ0v) is 8.11. The molecule has 0 spiro atoms. The lowest BCUT2D eigenvalue weighted by Gasteiger charge is -2.27. The molecule has 1 aliphatic heterocycles. The van der Waals surface area contributed by atoms with Crippen molar-refractivity contribution in [2.24, 2.45) is 0 Å². The quantitative estimate of drug-likeness (QED) is 0.536. The van der Waals surface area contributed by atoms with Crippen LogP contribution in [-0.4, -0.2) is 33.8 Å². The second-order valence-electron chi connectivity index (χ2n) is 3.47. The third kappa shape index (κ3) is 1.89. The number of aromatic nitrogens is 2. The van der Waals surface area contributed by atoms with Gasteiger partial charge in [0.15, 0.2) is 11.7 Å². The van der Waals surface area contributed by atoms with Gasteiger partial charge < -0.3 is 4.90 Å². The molecule has 2 rings (SSSR count). The van der Waals surface area contributed by atoms with Crippen LogP contribution < -0.4 is 0 Å². The van der Waals surface area contributed by atoms with Crippen molar-refractivity contribution in [1.29, 1.82) is 5.41 Å². The molecule has 4 nitrogen and oxygen atoms in total. The average Bonchev–Trinajstić information content (AvgIpc) is 2.30. The van der Waals surface area contributed by atoms with Crippen LogP contribution in [0.3, 0.4) is 0 Å². The molecule has 14 heavy (non-hydrogen) atoms. The first-order chi connectivity index (χ1) is 6.88. The molecule has 1 saturated heterocycles. The summed E-state index contributed by atoms with van der Waals surface area (Å²) < 4.78 is 0. The highest BCUT2D eigenvalue weighted by Gasteiger charge is 2.16. The van der Waals surface area contributed by atoms with Crippen molar-refractivity contribution in [3.63, 3.8) is 0 Å². The molecule has 4 heteroatoms. The summed E-state index contributed by atoms with van der Waals surface area (Å²) in [5.74, 6) is 1.000. The minimum Gasteiger partial charge on any atom is -0.354 e. The number of hydrogen-bond donors (Lipinski definition) is 1. The summed E-state index contributed by atoms with van der Waals surface area (Å²) in [4.78, 5) is 10.2. The topological polar surface area (TPSA) is 52.9 Å². The molecule has 0 atom stereocenters. The smallest absolute Gasteiger partial charge is 0.194 e. The van der Waals surface area contributed by atoms with E-state index in [9.17, 15) is 0 Å². The monoisotopic (exact) mass is 190 g/mol. The summed E-state index contributed by atoms with van der Waals surface area (Å²) in [5.41, 5.74) is 0. The number of rotatable bonds is 1. The molecular weight excluding hydrogens is 176 g/mol. The summed E-state index contributed by atoms with van der Waals surface area (Å²) in [6.07, 6.45) is 6.99. The van der Waals surface area contributed by atoms with Crippen LogP contribution in [-0.2, 0) is 0 Å². The van der Waals surface area contributed by atoms with Gasteiger partial charge in [-0.25, -0.2) is 9.97 Å². The number of piperidine rings is 1. The first-order valence-electron chi connectivity index (χ1n) is 4.99. The van der Waals surface area contributed by atoms with E-state index in [1.165, 1.54) is 19.3 Å². The Bertz CT molecular complexity index is 303. The molecular formula is C10H14N4. The number of nitrogens with zero attached hydrogens (tertiary/aromatic N) is 3. The number of hydrogen-bond acceptors (Lipinski definition) is 3. The second-order valence-corrected chi connectivity index (χ2v) is 3.47. The lowest BCUT2D eigenvalue weighted by molar-refractivity contribution is 0.340. The fourth-order valence-electron chi connectivity index (χ4n) is 1.68. The van der Waals surface area contributed by atoms with Crippen LogP contribution in [0.5, 0.6) is 0 Å². The Hall–Kier alpha value is -1.45. The highest BCUT2D eigenvalue weighted by Crippen LogP contribution is 2.10. The van der Waals surface area contributed by atoms with Crippen molar-refractivity contribution < 1.29 is 0 Å². The molecule has 0 saturated carbocycles. The Kier molecular flexibility index (Phi) is 2.72. The van der Waals surface area contributed by atoms with Crippen LogP contribution in [0.2, 0.25) is 0 Å². The highest BCUT2D eigenvalue weighted by molar-refractivity contribution is 5.92. The van der Waals surface area contributed by atoms with Crippen LogP contribution in [0.4, 0.5) is 0 Å². The third-order valence-electron chi connectivity index (χ3n) is 2.45. The van der Waals surface area contributed by atoms with Crippen LogP contribution >= 0.6 is 0 Å². The van der Waals surface area contributed by atoms with E-state index >= 15 is 0 Å². The van der Waals surface area contributed by atoms with Gasteiger partial charge in [0, 0.05) is 25.5 Å². The van der Waals surface area contributed by atoms with Crippen molar-refractivity contribution in [3.05, 3.63) is 24.3 Å². The van der Waals surface area contributed by atoms with E-state index < -0.39 is 0 Å². The van der Waals surface area contributed by atoms with Gasteiger partial charge in [0.2, 0.25) is 0 Å². The summed E-state index contributed by atoms with van der Waals surface area (Å²) in [7, 11) is 0. The Balaban J connectivity index is 2.07. The van der Waals surface area contributed by atoms with Crippen molar-refractivity contribution in [2.75, 3.05) is 13.1 Å². The molecule has 0 amide bonds. The summed E-state index contributed by atoms with van der Waals surface area (Å²) in [6.45, 7) is 1.94. The standard InChI is InChI=1S/C10H14N4/c11-9(10-12-5-4-6-13-10)14-7-2-1-3-8-14/h4-6,11H,1-3,7-8H2. The SMILES string of the molecule is N=C(c1ncccn1)N1CCCCC1. The molecule has 1 fully saturated rings. The predicted molar refractivity (Wildman–Crippen MR) is 54.3 cm³/mol. The third-order valence-corrected chi connectivity index (χ3v) is 2.45. The fraction of sp³-hybridized carbons (Fsp3) is 0.500. The number of nitrogens with one attached hydrogen (secondary N) is 1. The first kappa shape index (κ1) is 9.12. The Labute approximate surface area is 83.5 Å². The lowest BCUT2D eigenvalue weighted by Crippen LogP contribution is -2.36. The van der Waals surface area contributed by atoms with Gasteiger partial charge >= 0.3 is 0 Å². The van der Waals surface area contributed by atoms with Crippen molar-refractivity contribution in [3.8, 4) is 0 Å². The Morgan fingerprint density at radius 2 is 1.79 bits per heavy atom. The maximum Gasteiger partial charge on any atom is 0.194 e. The van der Waals surface area contributed by atoms with Crippen molar-refractivity contribution in [1.82, 2.24) is 14.9 Å². The molecule has 1 aromatic heterocycles. The second kappa shape index (κ2) is 4.17. The minimum atomic E-state index is 0.463. The van der Waals surface area contributed by atoms with E-state index in [1.54, 1.807) is 18.5 Å². The van der Waals surface area contributed by atoms with Gasteiger partial charge in [0.25, 0.3) is 0 Å². The van der Waals surface area contributed by atoms with Gasteiger partial charge in [-0.3, -0.25) is 5.41 Å². The number of likely N-dealkylation sites (tertiary alicyclic amines) is 1. The molecule has 1 aromatic rings. The normalized spacial score (nSPS) is 16.7. The number of amidine groups is 1. The Morgan fingerprint density at radius 1 is 1.14 bits per heavy atom. The summed E-state index contributed by atoms with van der Waals surface area (Å²) in [5, 5.41) is 7.93. The molecule has 0 bridgehead atoms. The van der Waals surface area contributed by atoms with Gasteiger partial charge in [-0.1, -0.05) is 0 Å². The van der Waals surface area contributed by atoms with E-state index in [0.29, 0.717) is 11.7 Å². The maximum absolute atomic E-state index is 7.93. The van der Waals surface area contributed by atoms with Gasteiger partial charge in [0.05, 0.1) is 0 Å². The zero-order valence-electron chi connectivity index (χ0n) is 8.11.